The van der Waals surface area contributed by atoms with Gasteiger partial charge in [-0.05, 0) is 37.1 Å². The van der Waals surface area contributed by atoms with Crippen LogP contribution in [0.4, 0.5) is 8.78 Å². The number of hydrogen-bond acceptors (Lipinski definition) is 3. The number of benzene rings is 1. The van der Waals surface area contributed by atoms with Gasteiger partial charge < -0.3 is 15.0 Å². The van der Waals surface area contributed by atoms with Crippen molar-refractivity contribution in [2.24, 2.45) is 0 Å². The van der Waals surface area contributed by atoms with Crippen molar-refractivity contribution in [2.75, 3.05) is 19.6 Å². The van der Waals surface area contributed by atoms with Gasteiger partial charge >= 0.3 is 6.61 Å². The van der Waals surface area contributed by atoms with Gasteiger partial charge in [0.05, 0.1) is 6.42 Å². The molecule has 1 atom stereocenters. The Morgan fingerprint density at radius 1 is 1.41 bits per heavy atom. The van der Waals surface area contributed by atoms with E-state index in [1.807, 2.05) is 4.90 Å². The van der Waals surface area contributed by atoms with Gasteiger partial charge in [0.1, 0.15) is 5.75 Å². The molecular formula is C16H22F2N2O2. The molecule has 0 spiro atoms. The predicted octanol–water partition coefficient (Wildman–Crippen LogP) is 2.43. The molecule has 0 radical (unpaired) electrons. The van der Waals surface area contributed by atoms with Crippen molar-refractivity contribution in [1.29, 1.82) is 0 Å². The lowest BCUT2D eigenvalue weighted by molar-refractivity contribution is -0.132. The minimum atomic E-state index is -2.83. The standard InChI is InChI=1S/C16H22F2N2O2/c1-2-9-20(13-7-8-19-11-13)15(21)10-12-3-5-14(6-4-12)22-16(17)18/h3-6,13,16,19H,2,7-11H2,1H3. The molecule has 0 bridgehead atoms. The quantitative estimate of drug-likeness (QED) is 0.841. The van der Waals surface area contributed by atoms with Crippen LogP contribution in [0.5, 0.6) is 5.75 Å². The molecule has 1 aliphatic heterocycles. The van der Waals surface area contributed by atoms with Gasteiger partial charge in [-0.1, -0.05) is 19.1 Å². The van der Waals surface area contributed by atoms with E-state index in [1.165, 1.54) is 12.1 Å². The van der Waals surface area contributed by atoms with E-state index in [0.29, 0.717) is 0 Å². The molecule has 22 heavy (non-hydrogen) atoms. The lowest BCUT2D eigenvalue weighted by Gasteiger charge is -2.28. The summed E-state index contributed by atoms with van der Waals surface area (Å²) in [6, 6.07) is 6.51. The Bertz CT molecular complexity index is 474. The Morgan fingerprint density at radius 2 is 2.14 bits per heavy atom. The van der Waals surface area contributed by atoms with Crippen molar-refractivity contribution < 1.29 is 18.3 Å². The minimum absolute atomic E-state index is 0.0816. The van der Waals surface area contributed by atoms with Crippen molar-refractivity contribution in [3.05, 3.63) is 29.8 Å². The van der Waals surface area contributed by atoms with Gasteiger partial charge in [0, 0.05) is 19.1 Å². The number of nitrogens with zero attached hydrogens (tertiary/aromatic N) is 1. The van der Waals surface area contributed by atoms with Crippen LogP contribution in [0.15, 0.2) is 24.3 Å². The van der Waals surface area contributed by atoms with Gasteiger partial charge in [-0.25, -0.2) is 0 Å². The van der Waals surface area contributed by atoms with E-state index >= 15 is 0 Å². The molecule has 0 saturated carbocycles. The first-order chi connectivity index (χ1) is 10.6. The van der Waals surface area contributed by atoms with E-state index in [9.17, 15) is 13.6 Å². The molecule has 4 nitrogen and oxygen atoms in total. The maximum absolute atomic E-state index is 12.5. The van der Waals surface area contributed by atoms with Crippen LogP contribution in [0.1, 0.15) is 25.3 Å². The molecular weight excluding hydrogens is 290 g/mol. The zero-order valence-electron chi connectivity index (χ0n) is 12.7. The summed E-state index contributed by atoms with van der Waals surface area (Å²) in [5, 5.41) is 3.27. The highest BCUT2D eigenvalue weighted by Crippen LogP contribution is 2.17. The van der Waals surface area contributed by atoms with Crippen LogP contribution in [0.3, 0.4) is 0 Å². The zero-order valence-corrected chi connectivity index (χ0v) is 12.7. The van der Waals surface area contributed by atoms with Gasteiger partial charge in [-0.15, -0.1) is 0 Å². The van der Waals surface area contributed by atoms with Crippen molar-refractivity contribution in [1.82, 2.24) is 10.2 Å². The average Bonchev–Trinajstić information content (AvgIpc) is 3.00. The number of nitrogens with one attached hydrogen (secondary N) is 1. The molecule has 0 aliphatic carbocycles. The first-order valence-electron chi connectivity index (χ1n) is 7.64. The number of ether oxygens (including phenoxy) is 1. The lowest BCUT2D eigenvalue weighted by atomic mass is 10.1. The fraction of sp³-hybridized carbons (Fsp3) is 0.562. The summed E-state index contributed by atoms with van der Waals surface area (Å²) in [7, 11) is 0. The Hall–Kier alpha value is -1.69. The molecule has 2 rings (SSSR count). The molecule has 1 aliphatic rings. The van der Waals surface area contributed by atoms with E-state index in [4.69, 9.17) is 0 Å². The summed E-state index contributed by atoms with van der Waals surface area (Å²) in [6.07, 6.45) is 2.18. The lowest BCUT2D eigenvalue weighted by Crippen LogP contribution is -2.42. The summed E-state index contributed by atoms with van der Waals surface area (Å²) in [6.45, 7) is 1.75. The fourth-order valence-electron chi connectivity index (χ4n) is 2.72. The number of carbonyl (C=O) groups is 1. The highest BCUT2D eigenvalue weighted by molar-refractivity contribution is 5.79. The summed E-state index contributed by atoms with van der Waals surface area (Å²) >= 11 is 0. The highest BCUT2D eigenvalue weighted by Gasteiger charge is 2.25. The summed E-state index contributed by atoms with van der Waals surface area (Å²) in [5.41, 5.74) is 0.804. The van der Waals surface area contributed by atoms with Crippen molar-refractivity contribution in [3.8, 4) is 5.75 Å². The number of halogens is 2. The predicted molar refractivity (Wildman–Crippen MR) is 80.1 cm³/mol. The van der Waals surface area contributed by atoms with Crippen molar-refractivity contribution in [2.45, 2.75) is 38.8 Å². The molecule has 1 N–H and O–H groups in total. The number of alkyl halides is 2. The second-order valence-electron chi connectivity index (χ2n) is 5.43. The molecule has 6 heteroatoms. The molecule has 1 unspecified atom stereocenters. The first-order valence-corrected chi connectivity index (χ1v) is 7.64. The molecule has 122 valence electrons. The number of rotatable bonds is 7. The van der Waals surface area contributed by atoms with Crippen LogP contribution in [0.25, 0.3) is 0 Å². The summed E-state index contributed by atoms with van der Waals surface area (Å²) in [5.74, 6) is 0.190. The topological polar surface area (TPSA) is 41.6 Å². The minimum Gasteiger partial charge on any atom is -0.435 e. The maximum Gasteiger partial charge on any atom is 0.387 e. The second-order valence-corrected chi connectivity index (χ2v) is 5.43. The van der Waals surface area contributed by atoms with Gasteiger partial charge in [0.25, 0.3) is 0 Å². The van der Waals surface area contributed by atoms with Crippen LogP contribution in [-0.2, 0) is 11.2 Å². The van der Waals surface area contributed by atoms with E-state index < -0.39 is 6.61 Å². The number of carbonyl (C=O) groups excluding carboxylic acids is 1. The number of amides is 1. The monoisotopic (exact) mass is 312 g/mol. The van der Waals surface area contributed by atoms with Crippen LogP contribution in [0, 0.1) is 0 Å². The van der Waals surface area contributed by atoms with Gasteiger partial charge in [-0.3, -0.25) is 4.79 Å². The second kappa shape index (κ2) is 8.08. The van der Waals surface area contributed by atoms with Gasteiger partial charge in [0.2, 0.25) is 5.91 Å². The summed E-state index contributed by atoms with van der Waals surface area (Å²) in [4.78, 5) is 14.4. The van der Waals surface area contributed by atoms with Crippen molar-refractivity contribution in [3.63, 3.8) is 0 Å². The molecule has 0 aromatic heterocycles. The zero-order chi connectivity index (χ0) is 15.9. The maximum atomic E-state index is 12.5. The van der Waals surface area contributed by atoms with Crippen LogP contribution < -0.4 is 10.1 Å². The van der Waals surface area contributed by atoms with Crippen molar-refractivity contribution >= 4 is 5.91 Å². The van der Waals surface area contributed by atoms with E-state index in [1.54, 1.807) is 12.1 Å². The fourth-order valence-corrected chi connectivity index (χ4v) is 2.72. The largest absolute Gasteiger partial charge is 0.435 e. The molecule has 1 heterocycles. The molecule has 1 saturated heterocycles. The Morgan fingerprint density at radius 3 is 2.68 bits per heavy atom. The van der Waals surface area contributed by atoms with Gasteiger partial charge in [0.15, 0.2) is 0 Å². The summed E-state index contributed by atoms with van der Waals surface area (Å²) < 4.78 is 28.5. The molecule has 1 fully saturated rings. The Kier molecular flexibility index (Phi) is 6.12. The highest BCUT2D eigenvalue weighted by atomic mass is 19.3. The van der Waals surface area contributed by atoms with Crippen LogP contribution in [-0.4, -0.2) is 43.1 Å². The molecule has 1 aromatic rings. The Labute approximate surface area is 129 Å². The average molecular weight is 312 g/mol. The third-order valence-electron chi connectivity index (χ3n) is 3.76. The van der Waals surface area contributed by atoms with Crippen LogP contribution in [0.2, 0.25) is 0 Å². The smallest absolute Gasteiger partial charge is 0.387 e. The first kappa shape index (κ1) is 16.7. The molecule has 1 aromatic carbocycles. The van der Waals surface area contributed by atoms with E-state index in [2.05, 4.69) is 17.0 Å². The van der Waals surface area contributed by atoms with E-state index in [-0.39, 0.29) is 24.1 Å². The van der Waals surface area contributed by atoms with Crippen LogP contribution >= 0.6 is 0 Å². The number of hydrogen-bond donors (Lipinski definition) is 1. The van der Waals surface area contributed by atoms with E-state index in [0.717, 1.165) is 38.0 Å². The van der Waals surface area contributed by atoms with Gasteiger partial charge in [-0.2, -0.15) is 8.78 Å². The third-order valence-corrected chi connectivity index (χ3v) is 3.76. The normalized spacial score (nSPS) is 17.7. The molecule has 1 amide bonds. The Balaban J connectivity index is 1.96. The third kappa shape index (κ3) is 4.66. The SMILES string of the molecule is CCCN(C(=O)Cc1ccc(OC(F)F)cc1)C1CCNC1.